The first kappa shape index (κ1) is 21.1. The number of ether oxygens (including phenoxy) is 2. The summed E-state index contributed by atoms with van der Waals surface area (Å²) in [6.45, 7) is 11.7. The molecule has 0 radical (unpaired) electrons. The monoisotopic (exact) mass is 432 g/mol. The number of halogens is 1. The third kappa shape index (κ3) is 4.17. The average molecular weight is 433 g/mol. The molecule has 1 aromatic rings. The number of morpholine rings is 1. The van der Waals surface area contributed by atoms with Crippen molar-refractivity contribution in [2.75, 3.05) is 62.3 Å². The van der Waals surface area contributed by atoms with Crippen molar-refractivity contribution in [1.29, 1.82) is 5.26 Å². The Hall–Kier alpha value is -2.17. The number of anilines is 2. The van der Waals surface area contributed by atoms with Crippen LogP contribution in [-0.4, -0.2) is 69.1 Å². The fourth-order valence-electron chi connectivity index (χ4n) is 4.56. The zero-order chi connectivity index (χ0) is 21.5. The molecule has 0 aliphatic carbocycles. The lowest BCUT2D eigenvalue weighted by Gasteiger charge is -2.47. The second-order valence-corrected chi connectivity index (χ2v) is 9.95. The lowest BCUT2D eigenvalue weighted by molar-refractivity contribution is -0.0266. The number of carbonyl (C=O) groups is 1. The first-order valence-electron chi connectivity index (χ1n) is 10.5. The lowest BCUT2D eigenvalue weighted by atomic mass is 9.79. The minimum Gasteiger partial charge on any atom is -0.444 e. The van der Waals surface area contributed by atoms with E-state index in [0.717, 1.165) is 44.0 Å². The van der Waals surface area contributed by atoms with Gasteiger partial charge in [0.1, 0.15) is 11.7 Å². The van der Waals surface area contributed by atoms with E-state index in [4.69, 9.17) is 21.1 Å². The van der Waals surface area contributed by atoms with Crippen LogP contribution in [0.3, 0.4) is 0 Å². The molecule has 0 aromatic heterocycles. The molecule has 0 unspecified atom stereocenters. The van der Waals surface area contributed by atoms with E-state index in [1.165, 1.54) is 0 Å². The van der Waals surface area contributed by atoms with Crippen molar-refractivity contribution in [3.63, 3.8) is 0 Å². The van der Waals surface area contributed by atoms with Crippen molar-refractivity contribution in [2.45, 2.75) is 32.8 Å². The normalized spacial score (nSPS) is 20.8. The summed E-state index contributed by atoms with van der Waals surface area (Å²) in [6.07, 6.45) is 0.734. The molecule has 1 spiro atoms. The number of hydrogen-bond acceptors (Lipinski definition) is 6. The topological polar surface area (TPSA) is 69.0 Å². The predicted molar refractivity (Wildman–Crippen MR) is 116 cm³/mol. The van der Waals surface area contributed by atoms with E-state index >= 15 is 0 Å². The Balaban J connectivity index is 1.48. The Morgan fingerprint density at radius 3 is 2.50 bits per heavy atom. The van der Waals surface area contributed by atoms with Gasteiger partial charge in [-0.25, -0.2) is 4.79 Å². The summed E-state index contributed by atoms with van der Waals surface area (Å²) >= 11 is 6.50. The summed E-state index contributed by atoms with van der Waals surface area (Å²) < 4.78 is 10.9. The number of rotatable bonds is 2. The third-order valence-corrected chi connectivity index (χ3v) is 6.32. The Kier molecular flexibility index (Phi) is 5.50. The van der Waals surface area contributed by atoms with Crippen molar-refractivity contribution in [2.24, 2.45) is 5.41 Å². The van der Waals surface area contributed by atoms with Gasteiger partial charge in [-0.3, -0.25) is 0 Å². The lowest BCUT2D eigenvalue weighted by Crippen LogP contribution is -2.60. The Labute approximate surface area is 183 Å². The molecule has 30 heavy (non-hydrogen) atoms. The smallest absolute Gasteiger partial charge is 0.410 e. The molecule has 0 saturated carbocycles. The molecule has 3 heterocycles. The standard InChI is InChI=1S/C22H29ClN4O3/c1-21(2,3)30-20(28)27-14-22(15-27)4-5-26(13-22)19-11-16(10-18(23)17(19)12-24)25-6-8-29-9-7-25/h10-11H,4-9,13-15H2,1-3H3. The highest BCUT2D eigenvalue weighted by Gasteiger charge is 2.50. The molecular weight excluding hydrogens is 404 g/mol. The number of nitriles is 1. The van der Waals surface area contributed by atoms with Gasteiger partial charge < -0.3 is 24.2 Å². The summed E-state index contributed by atoms with van der Waals surface area (Å²) in [5.41, 5.74) is 2.01. The molecule has 4 rings (SSSR count). The van der Waals surface area contributed by atoms with Crippen LogP contribution in [0.1, 0.15) is 32.8 Å². The number of amides is 1. The molecule has 3 fully saturated rings. The third-order valence-electron chi connectivity index (χ3n) is 6.03. The number of benzene rings is 1. The van der Waals surface area contributed by atoms with E-state index in [1.807, 2.05) is 26.8 Å². The molecule has 3 aliphatic heterocycles. The maximum atomic E-state index is 12.3. The zero-order valence-electron chi connectivity index (χ0n) is 17.9. The second-order valence-electron chi connectivity index (χ2n) is 9.54. The summed E-state index contributed by atoms with van der Waals surface area (Å²) in [7, 11) is 0. The van der Waals surface area contributed by atoms with Gasteiger partial charge in [-0.05, 0) is 39.3 Å². The minimum atomic E-state index is -0.486. The van der Waals surface area contributed by atoms with Gasteiger partial charge >= 0.3 is 6.09 Å². The quantitative estimate of drug-likeness (QED) is 0.712. The van der Waals surface area contributed by atoms with E-state index in [2.05, 4.69) is 21.9 Å². The van der Waals surface area contributed by atoms with Crippen molar-refractivity contribution in [1.82, 2.24) is 4.90 Å². The van der Waals surface area contributed by atoms with Gasteiger partial charge in [0.2, 0.25) is 0 Å². The predicted octanol–water partition coefficient (Wildman–Crippen LogP) is 3.50. The average Bonchev–Trinajstić information content (AvgIpc) is 3.11. The van der Waals surface area contributed by atoms with E-state index in [-0.39, 0.29) is 11.5 Å². The molecule has 0 bridgehead atoms. The Morgan fingerprint density at radius 1 is 1.17 bits per heavy atom. The first-order valence-corrected chi connectivity index (χ1v) is 10.9. The maximum Gasteiger partial charge on any atom is 0.410 e. The molecule has 8 heteroatoms. The largest absolute Gasteiger partial charge is 0.444 e. The molecule has 3 aliphatic rings. The molecule has 0 N–H and O–H groups in total. The maximum absolute atomic E-state index is 12.3. The number of likely N-dealkylation sites (tertiary alicyclic amines) is 1. The molecule has 1 amide bonds. The van der Waals surface area contributed by atoms with Crippen molar-refractivity contribution < 1.29 is 14.3 Å². The molecule has 0 atom stereocenters. The van der Waals surface area contributed by atoms with Crippen molar-refractivity contribution in [3.05, 3.63) is 22.7 Å². The van der Waals surface area contributed by atoms with Crippen LogP contribution in [0.5, 0.6) is 0 Å². The van der Waals surface area contributed by atoms with Crippen LogP contribution >= 0.6 is 11.6 Å². The summed E-state index contributed by atoms with van der Waals surface area (Å²) in [6, 6.07) is 6.25. The van der Waals surface area contributed by atoms with E-state index < -0.39 is 5.60 Å². The van der Waals surface area contributed by atoms with Crippen LogP contribution in [0.2, 0.25) is 5.02 Å². The van der Waals surface area contributed by atoms with Crippen LogP contribution in [0.15, 0.2) is 12.1 Å². The second kappa shape index (κ2) is 7.82. The van der Waals surface area contributed by atoms with E-state index in [9.17, 15) is 10.1 Å². The van der Waals surface area contributed by atoms with Crippen molar-refractivity contribution in [3.8, 4) is 6.07 Å². The highest BCUT2D eigenvalue weighted by molar-refractivity contribution is 6.32. The van der Waals surface area contributed by atoms with Gasteiger partial charge in [-0.2, -0.15) is 5.26 Å². The van der Waals surface area contributed by atoms with Gasteiger partial charge in [0.25, 0.3) is 0 Å². The number of nitrogens with zero attached hydrogens (tertiary/aromatic N) is 4. The molecular formula is C22H29ClN4O3. The van der Waals surface area contributed by atoms with Gasteiger partial charge in [0, 0.05) is 50.4 Å². The Bertz CT molecular complexity index is 864. The Morgan fingerprint density at radius 2 is 1.87 bits per heavy atom. The first-order chi connectivity index (χ1) is 14.2. The van der Waals surface area contributed by atoms with Crippen LogP contribution in [0.4, 0.5) is 16.2 Å². The summed E-state index contributed by atoms with van der Waals surface area (Å²) in [5.74, 6) is 0. The van der Waals surface area contributed by atoms with E-state index in [1.54, 1.807) is 4.90 Å². The highest BCUT2D eigenvalue weighted by atomic mass is 35.5. The SMILES string of the molecule is CC(C)(C)OC(=O)N1CC2(CCN(c3cc(N4CCOCC4)cc(Cl)c3C#N)C2)C1. The molecule has 162 valence electrons. The molecule has 3 saturated heterocycles. The summed E-state index contributed by atoms with van der Waals surface area (Å²) in [5, 5.41) is 10.2. The molecule has 1 aromatic carbocycles. The highest BCUT2D eigenvalue weighted by Crippen LogP contribution is 2.44. The van der Waals surface area contributed by atoms with Gasteiger partial charge in [-0.15, -0.1) is 0 Å². The zero-order valence-corrected chi connectivity index (χ0v) is 18.7. The summed E-state index contributed by atoms with van der Waals surface area (Å²) in [4.78, 5) is 18.6. The van der Waals surface area contributed by atoms with Gasteiger partial charge in [0.15, 0.2) is 0 Å². The van der Waals surface area contributed by atoms with Crippen LogP contribution in [0.25, 0.3) is 0 Å². The fraction of sp³-hybridized carbons (Fsp3) is 0.636. The fourth-order valence-corrected chi connectivity index (χ4v) is 4.81. The number of carbonyl (C=O) groups excluding carboxylic acids is 1. The number of hydrogen-bond donors (Lipinski definition) is 0. The minimum absolute atomic E-state index is 0.0606. The van der Waals surface area contributed by atoms with Gasteiger partial charge in [-0.1, -0.05) is 11.6 Å². The molecule has 7 nitrogen and oxygen atoms in total. The van der Waals surface area contributed by atoms with E-state index in [0.29, 0.717) is 36.9 Å². The van der Waals surface area contributed by atoms with Crippen LogP contribution < -0.4 is 9.80 Å². The van der Waals surface area contributed by atoms with Crippen LogP contribution in [-0.2, 0) is 9.47 Å². The van der Waals surface area contributed by atoms with Crippen LogP contribution in [0, 0.1) is 16.7 Å². The van der Waals surface area contributed by atoms with Gasteiger partial charge in [0.05, 0.1) is 29.5 Å². The van der Waals surface area contributed by atoms with Crippen molar-refractivity contribution >= 4 is 29.1 Å².